The van der Waals surface area contributed by atoms with E-state index in [1.165, 1.54) is 12.8 Å². The topological polar surface area (TPSA) is 68.4 Å². The summed E-state index contributed by atoms with van der Waals surface area (Å²) in [5.41, 5.74) is 0.510. The summed E-state index contributed by atoms with van der Waals surface area (Å²) < 4.78 is 10.4. The second-order valence-corrected chi connectivity index (χ2v) is 4.82. The Balaban J connectivity index is 1.93. The lowest BCUT2D eigenvalue weighted by Crippen LogP contribution is -1.94. The first-order valence-corrected chi connectivity index (χ1v) is 6.49. The molecule has 0 saturated heterocycles. The van der Waals surface area contributed by atoms with Gasteiger partial charge in [-0.3, -0.25) is 0 Å². The average molecular weight is 260 g/mol. The van der Waals surface area contributed by atoms with Crippen molar-refractivity contribution < 1.29 is 14.4 Å². The van der Waals surface area contributed by atoms with E-state index < -0.39 is 0 Å². The molecule has 1 aliphatic rings. The summed E-state index contributed by atoms with van der Waals surface area (Å²) in [4.78, 5) is 4.41. The van der Waals surface area contributed by atoms with E-state index in [0.717, 1.165) is 18.7 Å². The quantitative estimate of drug-likeness (QED) is 0.918. The van der Waals surface area contributed by atoms with Crippen molar-refractivity contribution in [1.29, 1.82) is 0 Å². The second kappa shape index (κ2) is 4.91. The van der Waals surface area contributed by atoms with Crippen LogP contribution in [0.2, 0.25) is 0 Å². The molecule has 0 amide bonds. The Labute approximate surface area is 111 Å². The van der Waals surface area contributed by atoms with E-state index >= 15 is 0 Å². The van der Waals surface area contributed by atoms with Crippen LogP contribution in [-0.4, -0.2) is 22.4 Å². The Morgan fingerprint density at radius 3 is 2.84 bits per heavy atom. The highest BCUT2D eigenvalue weighted by atomic mass is 16.5. The van der Waals surface area contributed by atoms with Crippen molar-refractivity contribution in [3.8, 4) is 23.0 Å². The first-order chi connectivity index (χ1) is 9.28. The third-order valence-electron chi connectivity index (χ3n) is 3.60. The molecule has 1 aromatic heterocycles. The number of benzene rings is 1. The highest BCUT2D eigenvalue weighted by Gasteiger charge is 2.23. The molecule has 1 heterocycles. The van der Waals surface area contributed by atoms with Gasteiger partial charge in [-0.05, 0) is 31.0 Å². The largest absolute Gasteiger partial charge is 0.507 e. The summed E-state index contributed by atoms with van der Waals surface area (Å²) >= 11 is 0. The van der Waals surface area contributed by atoms with Gasteiger partial charge in [0.25, 0.3) is 5.89 Å². The highest BCUT2D eigenvalue weighted by molar-refractivity contribution is 5.64. The van der Waals surface area contributed by atoms with Crippen molar-refractivity contribution in [2.45, 2.75) is 31.6 Å². The summed E-state index contributed by atoms with van der Waals surface area (Å²) in [5.74, 6) is 2.24. The van der Waals surface area contributed by atoms with Crippen LogP contribution in [0.25, 0.3) is 11.5 Å². The lowest BCUT2D eigenvalue weighted by Gasteiger charge is -2.03. The second-order valence-electron chi connectivity index (χ2n) is 4.82. The summed E-state index contributed by atoms with van der Waals surface area (Å²) in [5, 5.41) is 13.9. The maximum absolute atomic E-state index is 9.88. The van der Waals surface area contributed by atoms with Crippen LogP contribution in [0.3, 0.4) is 0 Å². The van der Waals surface area contributed by atoms with Crippen molar-refractivity contribution in [3.05, 3.63) is 24.0 Å². The van der Waals surface area contributed by atoms with Crippen LogP contribution < -0.4 is 4.74 Å². The summed E-state index contributed by atoms with van der Waals surface area (Å²) in [6.45, 7) is 0. The van der Waals surface area contributed by atoms with E-state index in [-0.39, 0.29) is 5.75 Å². The van der Waals surface area contributed by atoms with Crippen molar-refractivity contribution >= 4 is 0 Å². The minimum Gasteiger partial charge on any atom is -0.507 e. The zero-order valence-corrected chi connectivity index (χ0v) is 10.8. The fourth-order valence-electron chi connectivity index (χ4n) is 2.51. The minimum absolute atomic E-state index is 0.113. The Bertz CT molecular complexity index is 574. The van der Waals surface area contributed by atoms with Gasteiger partial charge in [-0.15, -0.1) is 0 Å². The molecule has 1 fully saturated rings. The summed E-state index contributed by atoms with van der Waals surface area (Å²) in [7, 11) is 1.58. The van der Waals surface area contributed by atoms with Gasteiger partial charge in [0.05, 0.1) is 12.7 Å². The third kappa shape index (κ3) is 2.28. The number of hydrogen-bond donors (Lipinski definition) is 1. The van der Waals surface area contributed by atoms with E-state index in [0.29, 0.717) is 23.1 Å². The van der Waals surface area contributed by atoms with E-state index in [4.69, 9.17) is 9.26 Å². The number of aromatic nitrogens is 2. The minimum atomic E-state index is 0.113. The monoisotopic (exact) mass is 260 g/mol. The van der Waals surface area contributed by atoms with Crippen LogP contribution in [0.1, 0.15) is 37.4 Å². The molecule has 2 aromatic rings. The standard InChI is InChI=1S/C14H16N2O3/c1-18-10-6-7-12(17)11(8-10)14-15-13(16-19-14)9-4-2-3-5-9/h6-9,17H,2-5H2,1H3. The number of phenols is 1. The number of phenolic OH excluding ortho intramolecular Hbond substituents is 1. The normalized spacial score (nSPS) is 15.8. The number of rotatable bonds is 3. The summed E-state index contributed by atoms with van der Waals surface area (Å²) in [6, 6.07) is 4.95. The van der Waals surface area contributed by atoms with Crippen LogP contribution >= 0.6 is 0 Å². The maximum Gasteiger partial charge on any atom is 0.261 e. The third-order valence-corrected chi connectivity index (χ3v) is 3.60. The maximum atomic E-state index is 9.88. The average Bonchev–Trinajstić information content (AvgIpc) is 3.10. The molecule has 1 N–H and O–H groups in total. The molecule has 0 atom stereocenters. The van der Waals surface area contributed by atoms with E-state index in [1.807, 2.05) is 0 Å². The van der Waals surface area contributed by atoms with Gasteiger partial charge in [-0.1, -0.05) is 18.0 Å². The van der Waals surface area contributed by atoms with Crippen molar-refractivity contribution in [1.82, 2.24) is 10.1 Å². The van der Waals surface area contributed by atoms with Gasteiger partial charge in [0.1, 0.15) is 11.5 Å². The predicted octanol–water partition coefficient (Wildman–Crippen LogP) is 3.11. The van der Waals surface area contributed by atoms with Crippen molar-refractivity contribution in [2.24, 2.45) is 0 Å². The van der Waals surface area contributed by atoms with E-state index in [2.05, 4.69) is 10.1 Å². The van der Waals surface area contributed by atoms with Crippen molar-refractivity contribution in [3.63, 3.8) is 0 Å². The van der Waals surface area contributed by atoms with Gasteiger partial charge in [-0.25, -0.2) is 0 Å². The summed E-state index contributed by atoms with van der Waals surface area (Å²) in [6.07, 6.45) is 4.67. The van der Waals surface area contributed by atoms with Gasteiger partial charge in [0, 0.05) is 5.92 Å². The molecule has 19 heavy (non-hydrogen) atoms. The first-order valence-electron chi connectivity index (χ1n) is 6.49. The molecule has 3 rings (SSSR count). The molecule has 1 aromatic carbocycles. The SMILES string of the molecule is COc1ccc(O)c(-c2nc(C3CCCC3)no2)c1. The molecule has 0 spiro atoms. The molecule has 0 bridgehead atoms. The van der Waals surface area contributed by atoms with Gasteiger partial charge in [-0.2, -0.15) is 4.98 Å². The Hall–Kier alpha value is -2.04. The molecular formula is C14H16N2O3. The lowest BCUT2D eigenvalue weighted by atomic mass is 10.1. The molecule has 5 heteroatoms. The number of ether oxygens (including phenoxy) is 1. The Kier molecular flexibility index (Phi) is 3.11. The molecule has 5 nitrogen and oxygen atoms in total. The van der Waals surface area contributed by atoms with E-state index in [9.17, 15) is 5.11 Å². The zero-order valence-electron chi connectivity index (χ0n) is 10.8. The Morgan fingerprint density at radius 1 is 1.32 bits per heavy atom. The van der Waals surface area contributed by atoms with Crippen LogP contribution in [0.15, 0.2) is 22.7 Å². The Morgan fingerprint density at radius 2 is 2.11 bits per heavy atom. The molecule has 100 valence electrons. The van der Waals surface area contributed by atoms with Gasteiger partial charge in [0.2, 0.25) is 0 Å². The van der Waals surface area contributed by atoms with Crippen LogP contribution in [0.4, 0.5) is 0 Å². The highest BCUT2D eigenvalue weighted by Crippen LogP contribution is 2.35. The fourth-order valence-corrected chi connectivity index (χ4v) is 2.51. The molecule has 0 aliphatic heterocycles. The fraction of sp³-hybridized carbons (Fsp3) is 0.429. The van der Waals surface area contributed by atoms with Crippen LogP contribution in [0, 0.1) is 0 Å². The smallest absolute Gasteiger partial charge is 0.261 e. The first kappa shape index (κ1) is 12.0. The molecular weight excluding hydrogens is 244 g/mol. The van der Waals surface area contributed by atoms with E-state index in [1.54, 1.807) is 25.3 Å². The molecule has 0 radical (unpaired) electrons. The van der Waals surface area contributed by atoms with Crippen LogP contribution in [0.5, 0.6) is 11.5 Å². The van der Waals surface area contributed by atoms with Crippen LogP contribution in [-0.2, 0) is 0 Å². The number of nitrogens with zero attached hydrogens (tertiary/aromatic N) is 2. The van der Waals surface area contributed by atoms with Crippen molar-refractivity contribution in [2.75, 3.05) is 7.11 Å². The zero-order chi connectivity index (χ0) is 13.2. The van der Waals surface area contributed by atoms with Gasteiger partial charge in [0.15, 0.2) is 5.82 Å². The number of aromatic hydroxyl groups is 1. The number of methoxy groups -OCH3 is 1. The predicted molar refractivity (Wildman–Crippen MR) is 69.2 cm³/mol. The molecule has 1 aliphatic carbocycles. The molecule has 1 saturated carbocycles. The number of hydrogen-bond acceptors (Lipinski definition) is 5. The lowest BCUT2D eigenvalue weighted by molar-refractivity contribution is 0.404. The molecule has 0 unspecified atom stereocenters. The van der Waals surface area contributed by atoms with Gasteiger partial charge < -0.3 is 14.4 Å². The van der Waals surface area contributed by atoms with Gasteiger partial charge >= 0.3 is 0 Å².